The number of nitrogens with one attached hydrogen (secondary N) is 1. The summed E-state index contributed by atoms with van der Waals surface area (Å²) in [4.78, 5) is 12.2. The van der Waals surface area contributed by atoms with Gasteiger partial charge < -0.3 is 10.1 Å². The highest BCUT2D eigenvalue weighted by Crippen LogP contribution is 2.22. The van der Waals surface area contributed by atoms with E-state index in [0.717, 1.165) is 5.75 Å². The standard InChI is InChI=1S/C21H27NO2/c1-15-12-16(2)14-19(13-15)24-11-10-22-20(23)17-6-8-18(9-7-17)21(3,4)5/h6-9,12-14H,10-11H2,1-5H3,(H,22,23). The third kappa shape index (κ3) is 5.12. The van der Waals surface area contributed by atoms with E-state index in [2.05, 4.69) is 32.2 Å². The van der Waals surface area contributed by atoms with Crippen molar-refractivity contribution in [3.63, 3.8) is 0 Å². The Bertz CT molecular complexity index is 677. The van der Waals surface area contributed by atoms with Gasteiger partial charge in [0.25, 0.3) is 5.91 Å². The first kappa shape index (κ1) is 18.1. The van der Waals surface area contributed by atoms with E-state index in [0.29, 0.717) is 18.7 Å². The van der Waals surface area contributed by atoms with Crippen LogP contribution < -0.4 is 10.1 Å². The van der Waals surface area contributed by atoms with Gasteiger partial charge in [0.2, 0.25) is 0 Å². The number of ether oxygens (including phenoxy) is 1. The fraction of sp³-hybridized carbons (Fsp3) is 0.381. The Hall–Kier alpha value is -2.29. The lowest BCUT2D eigenvalue weighted by Crippen LogP contribution is -2.28. The van der Waals surface area contributed by atoms with E-state index in [1.807, 2.05) is 50.2 Å². The maximum absolute atomic E-state index is 12.2. The predicted octanol–water partition coefficient (Wildman–Crippen LogP) is 4.41. The third-order valence-corrected chi connectivity index (χ3v) is 3.86. The van der Waals surface area contributed by atoms with Gasteiger partial charge in [-0.2, -0.15) is 0 Å². The van der Waals surface area contributed by atoms with Gasteiger partial charge in [-0.25, -0.2) is 0 Å². The zero-order chi connectivity index (χ0) is 17.7. The molecule has 3 nitrogen and oxygen atoms in total. The topological polar surface area (TPSA) is 38.3 Å². The van der Waals surface area contributed by atoms with E-state index in [1.165, 1.54) is 16.7 Å². The van der Waals surface area contributed by atoms with Crippen molar-refractivity contribution in [1.82, 2.24) is 5.32 Å². The van der Waals surface area contributed by atoms with E-state index >= 15 is 0 Å². The Kier molecular flexibility index (Phi) is 5.66. The molecule has 0 bridgehead atoms. The van der Waals surface area contributed by atoms with Gasteiger partial charge in [-0.15, -0.1) is 0 Å². The summed E-state index contributed by atoms with van der Waals surface area (Å²) in [6, 6.07) is 13.9. The summed E-state index contributed by atoms with van der Waals surface area (Å²) in [5, 5.41) is 2.89. The quantitative estimate of drug-likeness (QED) is 0.827. The van der Waals surface area contributed by atoms with Crippen LogP contribution in [0.15, 0.2) is 42.5 Å². The minimum Gasteiger partial charge on any atom is -0.492 e. The number of aryl methyl sites for hydroxylation is 2. The van der Waals surface area contributed by atoms with Crippen LogP contribution in [0.5, 0.6) is 5.75 Å². The summed E-state index contributed by atoms with van der Waals surface area (Å²) in [5.74, 6) is 0.774. The molecule has 0 aliphatic rings. The highest BCUT2D eigenvalue weighted by molar-refractivity contribution is 5.94. The summed E-state index contributed by atoms with van der Waals surface area (Å²) >= 11 is 0. The molecule has 0 aliphatic carbocycles. The molecule has 1 amide bonds. The number of carbonyl (C=O) groups excluding carboxylic acids is 1. The second-order valence-electron chi connectivity index (χ2n) is 7.26. The number of carbonyl (C=O) groups is 1. The van der Waals surface area contributed by atoms with Crippen LogP contribution in [0.4, 0.5) is 0 Å². The molecule has 0 spiro atoms. The van der Waals surface area contributed by atoms with Crippen LogP contribution >= 0.6 is 0 Å². The molecule has 0 saturated carbocycles. The first-order chi connectivity index (χ1) is 11.3. The Labute approximate surface area is 145 Å². The average Bonchev–Trinajstić information content (AvgIpc) is 2.50. The largest absolute Gasteiger partial charge is 0.492 e. The second-order valence-corrected chi connectivity index (χ2v) is 7.26. The normalized spacial score (nSPS) is 11.2. The SMILES string of the molecule is Cc1cc(C)cc(OCCNC(=O)c2ccc(C(C)(C)C)cc2)c1. The third-order valence-electron chi connectivity index (χ3n) is 3.86. The van der Waals surface area contributed by atoms with Crippen molar-refractivity contribution in [3.8, 4) is 5.75 Å². The summed E-state index contributed by atoms with van der Waals surface area (Å²) < 4.78 is 5.70. The van der Waals surface area contributed by atoms with Crippen molar-refractivity contribution in [2.75, 3.05) is 13.2 Å². The maximum Gasteiger partial charge on any atom is 0.251 e. The molecular formula is C21H27NO2. The van der Waals surface area contributed by atoms with Crippen LogP contribution in [-0.4, -0.2) is 19.1 Å². The Morgan fingerprint density at radius 1 is 1.00 bits per heavy atom. The summed E-state index contributed by atoms with van der Waals surface area (Å²) in [7, 11) is 0. The molecular weight excluding hydrogens is 298 g/mol. The maximum atomic E-state index is 12.2. The molecule has 0 heterocycles. The molecule has 0 aliphatic heterocycles. The van der Waals surface area contributed by atoms with Crippen LogP contribution in [0.3, 0.4) is 0 Å². The van der Waals surface area contributed by atoms with Crippen molar-refractivity contribution >= 4 is 5.91 Å². The average molecular weight is 325 g/mol. The molecule has 0 aromatic heterocycles. The number of hydrogen-bond donors (Lipinski definition) is 1. The second kappa shape index (κ2) is 7.52. The van der Waals surface area contributed by atoms with Gasteiger partial charge in [0.1, 0.15) is 12.4 Å². The van der Waals surface area contributed by atoms with Crippen LogP contribution in [-0.2, 0) is 5.41 Å². The molecule has 2 aromatic rings. The fourth-order valence-electron chi connectivity index (χ4n) is 2.57. The lowest BCUT2D eigenvalue weighted by molar-refractivity contribution is 0.0947. The molecule has 0 fully saturated rings. The summed E-state index contributed by atoms with van der Waals surface area (Å²) in [5.41, 5.74) is 4.34. The van der Waals surface area contributed by atoms with Crippen molar-refractivity contribution in [3.05, 3.63) is 64.7 Å². The van der Waals surface area contributed by atoms with Crippen LogP contribution in [0, 0.1) is 13.8 Å². The van der Waals surface area contributed by atoms with Gasteiger partial charge in [-0.1, -0.05) is 39.0 Å². The minimum absolute atomic E-state index is 0.0699. The number of hydrogen-bond acceptors (Lipinski definition) is 2. The van der Waals surface area contributed by atoms with Gasteiger partial charge in [0.05, 0.1) is 6.54 Å². The molecule has 1 N–H and O–H groups in total. The highest BCUT2D eigenvalue weighted by atomic mass is 16.5. The molecule has 128 valence electrons. The van der Waals surface area contributed by atoms with Crippen LogP contribution in [0.2, 0.25) is 0 Å². The number of amides is 1. The zero-order valence-electron chi connectivity index (χ0n) is 15.3. The Morgan fingerprint density at radius 3 is 2.12 bits per heavy atom. The number of benzene rings is 2. The molecule has 0 atom stereocenters. The lowest BCUT2D eigenvalue weighted by Gasteiger charge is -2.19. The van der Waals surface area contributed by atoms with Crippen molar-refractivity contribution < 1.29 is 9.53 Å². The lowest BCUT2D eigenvalue weighted by atomic mass is 9.87. The molecule has 24 heavy (non-hydrogen) atoms. The molecule has 0 saturated heterocycles. The molecule has 0 unspecified atom stereocenters. The van der Waals surface area contributed by atoms with Crippen molar-refractivity contribution in [2.24, 2.45) is 0 Å². The first-order valence-electron chi connectivity index (χ1n) is 8.35. The predicted molar refractivity (Wildman–Crippen MR) is 98.9 cm³/mol. The van der Waals surface area contributed by atoms with E-state index in [-0.39, 0.29) is 11.3 Å². The van der Waals surface area contributed by atoms with E-state index in [9.17, 15) is 4.79 Å². The monoisotopic (exact) mass is 325 g/mol. The van der Waals surface area contributed by atoms with E-state index < -0.39 is 0 Å². The molecule has 0 radical (unpaired) electrons. The van der Waals surface area contributed by atoms with Crippen LogP contribution in [0.25, 0.3) is 0 Å². The Morgan fingerprint density at radius 2 is 1.58 bits per heavy atom. The molecule has 3 heteroatoms. The number of rotatable bonds is 5. The summed E-state index contributed by atoms with van der Waals surface area (Å²) in [6.45, 7) is 11.5. The van der Waals surface area contributed by atoms with Crippen molar-refractivity contribution in [1.29, 1.82) is 0 Å². The zero-order valence-corrected chi connectivity index (χ0v) is 15.3. The highest BCUT2D eigenvalue weighted by Gasteiger charge is 2.14. The smallest absolute Gasteiger partial charge is 0.251 e. The van der Waals surface area contributed by atoms with E-state index in [4.69, 9.17) is 4.74 Å². The van der Waals surface area contributed by atoms with Gasteiger partial charge in [0, 0.05) is 5.56 Å². The van der Waals surface area contributed by atoms with Crippen molar-refractivity contribution in [2.45, 2.75) is 40.0 Å². The molecule has 2 aromatic carbocycles. The van der Waals surface area contributed by atoms with Gasteiger partial charge in [-0.05, 0) is 60.2 Å². The van der Waals surface area contributed by atoms with E-state index in [1.54, 1.807) is 0 Å². The Balaban J connectivity index is 1.83. The van der Waals surface area contributed by atoms with Gasteiger partial charge in [0.15, 0.2) is 0 Å². The minimum atomic E-state index is -0.0699. The summed E-state index contributed by atoms with van der Waals surface area (Å²) in [6.07, 6.45) is 0. The van der Waals surface area contributed by atoms with Gasteiger partial charge in [-0.3, -0.25) is 4.79 Å². The fourth-order valence-corrected chi connectivity index (χ4v) is 2.57. The molecule has 2 rings (SSSR count). The first-order valence-corrected chi connectivity index (χ1v) is 8.35. The van der Waals surface area contributed by atoms with Gasteiger partial charge >= 0.3 is 0 Å². The van der Waals surface area contributed by atoms with Crippen LogP contribution in [0.1, 0.15) is 47.8 Å².